The molecule has 0 aromatic heterocycles. The molecular weight excluding hydrogens is 536 g/mol. The summed E-state index contributed by atoms with van der Waals surface area (Å²) in [5.74, 6) is 2.29. The molecule has 0 fully saturated rings. The summed E-state index contributed by atoms with van der Waals surface area (Å²) in [5, 5.41) is 10.6. The lowest BCUT2D eigenvalue weighted by Crippen LogP contribution is -2.21. The molecule has 9 heteroatoms. The number of nitrogens with two attached hydrogens (primary N) is 1. The van der Waals surface area contributed by atoms with Crippen molar-refractivity contribution >= 4 is 27.5 Å². The van der Waals surface area contributed by atoms with Crippen molar-refractivity contribution in [1.29, 1.82) is 5.26 Å². The fourth-order valence-corrected chi connectivity index (χ4v) is 4.78. The van der Waals surface area contributed by atoms with Gasteiger partial charge in [0.2, 0.25) is 12.7 Å². The molecule has 0 spiro atoms. The molecule has 2 N–H and O–H groups in total. The minimum atomic E-state index is -0.501. The number of hydrogen-bond acceptors (Lipinski definition) is 7. The maximum Gasteiger partial charge on any atom is 0.231 e. The summed E-state index contributed by atoms with van der Waals surface area (Å²) in [6.45, 7) is 2.78. The standard InChI is InChI=1S/C26H20BrClN2O5/c1-2-31-23-8-15(7-19(27)25(23)32-12-14-3-5-16(28)6-4-14)24-17-9-21-22(34-13-33-21)10-20(17)35-26(30)18(24)11-29/h3-10,24H,2,12-13,30H2,1H3/t24-/m1/s1. The van der Waals surface area contributed by atoms with Crippen molar-refractivity contribution in [2.24, 2.45) is 5.73 Å². The Morgan fingerprint density at radius 3 is 2.54 bits per heavy atom. The van der Waals surface area contributed by atoms with Gasteiger partial charge in [-0.05, 0) is 64.3 Å². The van der Waals surface area contributed by atoms with Gasteiger partial charge in [-0.15, -0.1) is 0 Å². The van der Waals surface area contributed by atoms with Gasteiger partial charge in [-0.1, -0.05) is 23.7 Å². The third-order valence-corrected chi connectivity index (χ3v) is 6.51. The fourth-order valence-electron chi connectivity index (χ4n) is 4.08. The Bertz CT molecular complexity index is 1370. The van der Waals surface area contributed by atoms with Crippen LogP contribution in [0.2, 0.25) is 5.02 Å². The van der Waals surface area contributed by atoms with Crippen LogP contribution in [0.1, 0.15) is 29.5 Å². The molecule has 0 amide bonds. The lowest BCUT2D eigenvalue weighted by Gasteiger charge is -2.27. The Morgan fingerprint density at radius 1 is 1.09 bits per heavy atom. The second-order valence-electron chi connectivity index (χ2n) is 7.85. The highest BCUT2D eigenvalue weighted by atomic mass is 79.9. The summed E-state index contributed by atoms with van der Waals surface area (Å²) in [7, 11) is 0. The molecular formula is C26H20BrClN2O5. The van der Waals surface area contributed by atoms with E-state index < -0.39 is 5.92 Å². The average molecular weight is 556 g/mol. The van der Waals surface area contributed by atoms with E-state index in [0.717, 1.165) is 16.7 Å². The second-order valence-corrected chi connectivity index (χ2v) is 9.14. The number of rotatable bonds is 6. The van der Waals surface area contributed by atoms with Crippen LogP contribution >= 0.6 is 27.5 Å². The molecule has 178 valence electrons. The first-order chi connectivity index (χ1) is 17.0. The van der Waals surface area contributed by atoms with E-state index in [9.17, 15) is 5.26 Å². The number of fused-ring (bicyclic) bond motifs is 2. The SMILES string of the molecule is CCOc1cc([C@H]2C(C#N)=C(N)Oc3cc4c(cc32)OCO4)cc(Br)c1OCc1ccc(Cl)cc1. The first-order valence-electron chi connectivity index (χ1n) is 10.8. The van der Waals surface area contributed by atoms with Crippen LogP contribution in [0.3, 0.4) is 0 Å². The molecule has 0 saturated carbocycles. The van der Waals surface area contributed by atoms with Crippen LogP contribution in [0.25, 0.3) is 0 Å². The summed E-state index contributed by atoms with van der Waals surface area (Å²) in [6.07, 6.45) is 0. The van der Waals surface area contributed by atoms with E-state index in [1.165, 1.54) is 0 Å². The Balaban J connectivity index is 1.56. The second kappa shape index (κ2) is 9.61. The number of nitrogens with zero attached hydrogens (tertiary/aromatic N) is 1. The summed E-state index contributed by atoms with van der Waals surface area (Å²) in [4.78, 5) is 0. The molecule has 0 bridgehead atoms. The van der Waals surface area contributed by atoms with Gasteiger partial charge in [0.05, 0.1) is 17.0 Å². The van der Waals surface area contributed by atoms with Gasteiger partial charge in [0.15, 0.2) is 23.0 Å². The summed E-state index contributed by atoms with van der Waals surface area (Å²) >= 11 is 9.62. The first kappa shape index (κ1) is 23.2. The zero-order valence-electron chi connectivity index (χ0n) is 18.6. The van der Waals surface area contributed by atoms with E-state index in [1.54, 1.807) is 6.07 Å². The van der Waals surface area contributed by atoms with Crippen LogP contribution in [-0.4, -0.2) is 13.4 Å². The Hall–Kier alpha value is -3.54. The summed E-state index contributed by atoms with van der Waals surface area (Å²) < 4.78 is 29.5. The van der Waals surface area contributed by atoms with Crippen LogP contribution in [0.15, 0.2) is 64.5 Å². The predicted octanol–water partition coefficient (Wildman–Crippen LogP) is 6.03. The van der Waals surface area contributed by atoms with Gasteiger partial charge in [-0.2, -0.15) is 5.26 Å². The fraction of sp³-hybridized carbons (Fsp3) is 0.192. The van der Waals surface area contributed by atoms with E-state index in [2.05, 4.69) is 22.0 Å². The number of benzene rings is 3. The average Bonchev–Trinajstić information content (AvgIpc) is 3.30. The number of allylic oxidation sites excluding steroid dienone is 1. The van der Waals surface area contributed by atoms with Gasteiger partial charge in [-0.3, -0.25) is 0 Å². The van der Waals surface area contributed by atoms with Crippen molar-refractivity contribution in [3.63, 3.8) is 0 Å². The van der Waals surface area contributed by atoms with Crippen LogP contribution < -0.4 is 29.4 Å². The molecule has 2 aliphatic heterocycles. The minimum absolute atomic E-state index is 0.0426. The third kappa shape index (κ3) is 4.45. The zero-order valence-corrected chi connectivity index (χ0v) is 21.0. The molecule has 0 saturated heterocycles. The van der Waals surface area contributed by atoms with E-state index in [0.29, 0.717) is 57.0 Å². The van der Waals surface area contributed by atoms with Crippen molar-refractivity contribution in [2.75, 3.05) is 13.4 Å². The number of nitriles is 1. The Morgan fingerprint density at radius 2 is 1.83 bits per heavy atom. The molecule has 0 radical (unpaired) electrons. The third-order valence-electron chi connectivity index (χ3n) is 5.67. The highest BCUT2D eigenvalue weighted by Crippen LogP contribution is 2.50. The van der Waals surface area contributed by atoms with Crippen molar-refractivity contribution in [3.05, 3.63) is 86.2 Å². The van der Waals surface area contributed by atoms with Gasteiger partial charge in [0.1, 0.15) is 24.0 Å². The largest absolute Gasteiger partial charge is 0.490 e. The monoisotopic (exact) mass is 554 g/mol. The van der Waals surface area contributed by atoms with Crippen molar-refractivity contribution in [2.45, 2.75) is 19.4 Å². The normalized spacial score (nSPS) is 15.8. The van der Waals surface area contributed by atoms with Gasteiger partial charge >= 0.3 is 0 Å². The van der Waals surface area contributed by atoms with Crippen molar-refractivity contribution in [3.8, 4) is 34.8 Å². The lowest BCUT2D eigenvalue weighted by molar-refractivity contribution is 0.174. The molecule has 1 atom stereocenters. The van der Waals surface area contributed by atoms with Gasteiger partial charge in [-0.25, -0.2) is 0 Å². The van der Waals surface area contributed by atoms with Gasteiger partial charge in [0, 0.05) is 16.7 Å². The summed E-state index contributed by atoms with van der Waals surface area (Å²) in [5.41, 5.74) is 8.93. The molecule has 0 aliphatic carbocycles. The van der Waals surface area contributed by atoms with E-state index in [4.69, 9.17) is 41.0 Å². The maximum atomic E-state index is 9.94. The molecule has 0 unspecified atom stereocenters. The molecule has 3 aromatic rings. The Labute approximate surface area is 215 Å². The first-order valence-corrected chi connectivity index (χ1v) is 12.0. The maximum absolute atomic E-state index is 9.94. The zero-order chi connectivity index (χ0) is 24.5. The summed E-state index contributed by atoms with van der Waals surface area (Å²) in [6, 6.07) is 17.0. The molecule has 35 heavy (non-hydrogen) atoms. The number of halogens is 2. The lowest BCUT2D eigenvalue weighted by atomic mass is 9.83. The van der Waals surface area contributed by atoms with E-state index in [1.807, 2.05) is 49.4 Å². The highest BCUT2D eigenvalue weighted by molar-refractivity contribution is 9.10. The van der Waals surface area contributed by atoms with Crippen molar-refractivity contribution in [1.82, 2.24) is 0 Å². The van der Waals surface area contributed by atoms with Gasteiger partial charge in [0.25, 0.3) is 0 Å². The minimum Gasteiger partial charge on any atom is -0.490 e. The molecule has 5 rings (SSSR count). The predicted molar refractivity (Wildman–Crippen MR) is 133 cm³/mol. The van der Waals surface area contributed by atoms with Crippen LogP contribution in [0.4, 0.5) is 0 Å². The van der Waals surface area contributed by atoms with Crippen molar-refractivity contribution < 1.29 is 23.7 Å². The van der Waals surface area contributed by atoms with E-state index in [-0.39, 0.29) is 12.7 Å². The van der Waals surface area contributed by atoms with E-state index >= 15 is 0 Å². The highest BCUT2D eigenvalue weighted by Gasteiger charge is 2.34. The molecule has 7 nitrogen and oxygen atoms in total. The number of hydrogen-bond donors (Lipinski definition) is 1. The number of ether oxygens (including phenoxy) is 5. The molecule has 2 aliphatic rings. The smallest absolute Gasteiger partial charge is 0.231 e. The molecule has 3 aromatic carbocycles. The van der Waals surface area contributed by atoms with Crippen LogP contribution in [0, 0.1) is 11.3 Å². The topological polar surface area (TPSA) is 96.0 Å². The molecule has 2 heterocycles. The van der Waals surface area contributed by atoms with Crippen LogP contribution in [0.5, 0.6) is 28.7 Å². The van der Waals surface area contributed by atoms with Crippen LogP contribution in [-0.2, 0) is 6.61 Å². The van der Waals surface area contributed by atoms with Gasteiger partial charge < -0.3 is 29.4 Å². The Kier molecular flexibility index (Phi) is 6.37. The quantitative estimate of drug-likeness (QED) is 0.397.